The number of rotatable bonds is 4. The van der Waals surface area contributed by atoms with Crippen molar-refractivity contribution in [3.63, 3.8) is 0 Å². The Morgan fingerprint density at radius 3 is 1.81 bits per heavy atom. The molecule has 6 nitrogen and oxygen atoms in total. The quantitative estimate of drug-likeness (QED) is 0.519. The fourth-order valence-electron chi connectivity index (χ4n) is 1.15. The van der Waals surface area contributed by atoms with Gasteiger partial charge in [0.05, 0.1) is 13.2 Å². The Hall–Kier alpha value is -1.37. The molecule has 0 saturated carbocycles. The molecule has 1 fully saturated rings. The lowest BCUT2D eigenvalue weighted by Crippen LogP contribution is -2.39. The largest absolute Gasteiger partial charge is 0.463 e. The van der Waals surface area contributed by atoms with Crippen LogP contribution in [0.15, 0.2) is 0 Å². The van der Waals surface area contributed by atoms with E-state index in [1.54, 1.807) is 13.8 Å². The van der Waals surface area contributed by atoms with Crippen molar-refractivity contribution in [1.82, 2.24) is 0 Å². The Bertz CT molecular complexity index is 274. The number of esters is 2. The van der Waals surface area contributed by atoms with Crippen LogP contribution in [0.5, 0.6) is 0 Å². The fourth-order valence-corrected chi connectivity index (χ4v) is 1.36. The summed E-state index contributed by atoms with van der Waals surface area (Å²) >= 11 is 4.62. The molecule has 1 heterocycles. The summed E-state index contributed by atoms with van der Waals surface area (Å²) in [6.45, 7) is 3.65. The molecule has 0 radical (unpaired) electrons. The van der Waals surface area contributed by atoms with E-state index in [0.717, 1.165) is 0 Å². The van der Waals surface area contributed by atoms with Crippen LogP contribution in [0.4, 0.5) is 0 Å². The van der Waals surface area contributed by atoms with E-state index in [4.69, 9.17) is 18.9 Å². The van der Waals surface area contributed by atoms with E-state index in [1.807, 2.05) is 0 Å². The zero-order valence-electron chi connectivity index (χ0n) is 8.93. The number of hydrogen-bond acceptors (Lipinski definition) is 7. The van der Waals surface area contributed by atoms with Gasteiger partial charge >= 0.3 is 17.2 Å². The minimum atomic E-state index is -1.17. The monoisotopic (exact) mass is 248 g/mol. The maximum Gasteiger partial charge on any atom is 0.354 e. The summed E-state index contributed by atoms with van der Waals surface area (Å²) in [7, 11) is 0. The molecule has 2 unspecified atom stereocenters. The van der Waals surface area contributed by atoms with Crippen LogP contribution in [0.3, 0.4) is 0 Å². The SMILES string of the molecule is CCOC(=O)C1OC(=S)OC1C(=O)OCC. The smallest absolute Gasteiger partial charge is 0.354 e. The molecule has 0 aromatic carbocycles. The third-order valence-electron chi connectivity index (χ3n) is 1.76. The van der Waals surface area contributed by atoms with E-state index in [9.17, 15) is 9.59 Å². The van der Waals surface area contributed by atoms with E-state index < -0.39 is 24.1 Å². The molecule has 90 valence electrons. The van der Waals surface area contributed by atoms with Crippen LogP contribution in [0.1, 0.15) is 13.8 Å². The van der Waals surface area contributed by atoms with Gasteiger partial charge in [-0.3, -0.25) is 0 Å². The Kier molecular flexibility index (Phi) is 4.48. The van der Waals surface area contributed by atoms with Crippen LogP contribution >= 0.6 is 12.2 Å². The lowest BCUT2D eigenvalue weighted by Gasteiger charge is -2.12. The van der Waals surface area contributed by atoms with Gasteiger partial charge in [0.25, 0.3) is 0 Å². The Balaban J connectivity index is 2.69. The second kappa shape index (κ2) is 5.64. The highest BCUT2D eigenvalue weighted by Crippen LogP contribution is 2.18. The van der Waals surface area contributed by atoms with E-state index in [-0.39, 0.29) is 18.5 Å². The summed E-state index contributed by atoms with van der Waals surface area (Å²) < 4.78 is 19.2. The van der Waals surface area contributed by atoms with E-state index >= 15 is 0 Å². The van der Waals surface area contributed by atoms with Crippen LogP contribution in [0, 0.1) is 0 Å². The molecule has 1 aliphatic rings. The molecule has 0 N–H and O–H groups in total. The molecule has 0 aliphatic carbocycles. The lowest BCUT2D eigenvalue weighted by atomic mass is 10.2. The molecule has 0 amide bonds. The van der Waals surface area contributed by atoms with Gasteiger partial charge in [0.15, 0.2) is 0 Å². The van der Waals surface area contributed by atoms with Crippen molar-refractivity contribution in [2.24, 2.45) is 0 Å². The number of ether oxygens (including phenoxy) is 4. The summed E-state index contributed by atoms with van der Waals surface area (Å²) in [5.74, 6) is -1.39. The molecule has 7 heteroatoms. The van der Waals surface area contributed by atoms with Crippen molar-refractivity contribution < 1.29 is 28.5 Å². The molecule has 0 bridgehead atoms. The molecule has 1 saturated heterocycles. The molecule has 1 aliphatic heterocycles. The van der Waals surface area contributed by atoms with Gasteiger partial charge in [-0.05, 0) is 13.8 Å². The highest BCUT2D eigenvalue weighted by Gasteiger charge is 2.46. The van der Waals surface area contributed by atoms with Gasteiger partial charge in [-0.15, -0.1) is 0 Å². The van der Waals surface area contributed by atoms with Crippen molar-refractivity contribution in [1.29, 1.82) is 0 Å². The summed E-state index contributed by atoms with van der Waals surface area (Å²) in [6.07, 6.45) is -2.35. The zero-order valence-corrected chi connectivity index (χ0v) is 9.74. The van der Waals surface area contributed by atoms with Gasteiger partial charge in [0, 0.05) is 12.2 Å². The van der Waals surface area contributed by atoms with Crippen LogP contribution in [-0.2, 0) is 28.5 Å². The normalized spacial score (nSPS) is 23.2. The first kappa shape index (κ1) is 12.7. The van der Waals surface area contributed by atoms with Crippen LogP contribution in [0.25, 0.3) is 0 Å². The first-order chi connectivity index (χ1) is 7.60. The van der Waals surface area contributed by atoms with Crippen molar-refractivity contribution in [2.45, 2.75) is 26.1 Å². The van der Waals surface area contributed by atoms with E-state index in [1.165, 1.54) is 0 Å². The Morgan fingerprint density at radius 2 is 1.50 bits per heavy atom. The fraction of sp³-hybridized carbons (Fsp3) is 0.667. The van der Waals surface area contributed by atoms with Gasteiger partial charge in [-0.25, -0.2) is 9.59 Å². The van der Waals surface area contributed by atoms with Crippen molar-refractivity contribution in [2.75, 3.05) is 13.2 Å². The molecule has 2 atom stereocenters. The number of hydrogen-bond donors (Lipinski definition) is 0. The summed E-state index contributed by atoms with van der Waals surface area (Å²) in [6, 6.07) is 0. The van der Waals surface area contributed by atoms with E-state index in [0.29, 0.717) is 0 Å². The van der Waals surface area contributed by atoms with Gasteiger partial charge in [0.1, 0.15) is 0 Å². The molecular formula is C9H12O6S. The first-order valence-electron chi connectivity index (χ1n) is 4.80. The predicted molar refractivity (Wildman–Crippen MR) is 55.6 cm³/mol. The van der Waals surface area contributed by atoms with Crippen molar-refractivity contribution in [3.05, 3.63) is 0 Å². The van der Waals surface area contributed by atoms with Crippen molar-refractivity contribution >= 4 is 29.4 Å². The van der Waals surface area contributed by atoms with Crippen LogP contribution < -0.4 is 0 Å². The highest BCUT2D eigenvalue weighted by molar-refractivity contribution is 7.79. The van der Waals surface area contributed by atoms with Gasteiger partial charge in [-0.1, -0.05) is 0 Å². The van der Waals surface area contributed by atoms with Gasteiger partial charge < -0.3 is 18.9 Å². The Labute approximate surface area is 97.8 Å². The average Bonchev–Trinajstić information content (AvgIpc) is 2.61. The van der Waals surface area contributed by atoms with E-state index in [2.05, 4.69) is 12.2 Å². The number of carbonyl (C=O) groups excluding carboxylic acids is 2. The summed E-state index contributed by atoms with van der Waals surface area (Å²) in [4.78, 5) is 22.8. The molecule has 0 aromatic heterocycles. The predicted octanol–water partition coefficient (Wildman–Crippen LogP) is 0.181. The van der Waals surface area contributed by atoms with Gasteiger partial charge in [-0.2, -0.15) is 0 Å². The maximum atomic E-state index is 11.4. The van der Waals surface area contributed by atoms with Crippen LogP contribution in [0.2, 0.25) is 0 Å². The standard InChI is InChI=1S/C9H12O6S/c1-3-12-7(10)5-6(8(11)13-4-2)15-9(16)14-5/h5-6H,3-4H2,1-2H3. The third kappa shape index (κ3) is 2.82. The second-order valence-electron chi connectivity index (χ2n) is 2.83. The zero-order chi connectivity index (χ0) is 12.1. The molecule has 0 spiro atoms. The molecule has 16 heavy (non-hydrogen) atoms. The molecule has 1 rings (SSSR count). The number of thiocarbonyl (C=S) groups is 1. The molecule has 0 aromatic rings. The number of carbonyl (C=O) groups is 2. The molecular weight excluding hydrogens is 236 g/mol. The minimum Gasteiger partial charge on any atom is -0.463 e. The lowest BCUT2D eigenvalue weighted by molar-refractivity contribution is -0.163. The minimum absolute atomic E-state index is 0.182. The topological polar surface area (TPSA) is 71.1 Å². The van der Waals surface area contributed by atoms with Crippen LogP contribution in [-0.4, -0.2) is 42.6 Å². The second-order valence-corrected chi connectivity index (χ2v) is 3.16. The summed E-state index contributed by atoms with van der Waals surface area (Å²) in [5.41, 5.74) is 0. The highest BCUT2D eigenvalue weighted by atomic mass is 32.1. The summed E-state index contributed by atoms with van der Waals surface area (Å²) in [5, 5.41) is -0.254. The third-order valence-corrected chi connectivity index (χ3v) is 1.95. The Morgan fingerprint density at radius 1 is 1.12 bits per heavy atom. The average molecular weight is 248 g/mol. The first-order valence-corrected chi connectivity index (χ1v) is 5.21. The maximum absolute atomic E-state index is 11.4. The van der Waals surface area contributed by atoms with Crippen molar-refractivity contribution in [3.8, 4) is 0 Å². The van der Waals surface area contributed by atoms with Gasteiger partial charge in [0.2, 0.25) is 12.2 Å².